The van der Waals surface area contributed by atoms with Crippen LogP contribution in [0.15, 0.2) is 126 Å². The van der Waals surface area contributed by atoms with Crippen molar-refractivity contribution in [2.45, 2.75) is 101 Å². The molecule has 57 heavy (non-hydrogen) atoms. The van der Waals surface area contributed by atoms with Gasteiger partial charge in [-0.2, -0.15) is 0 Å². The van der Waals surface area contributed by atoms with Gasteiger partial charge in [0.25, 0.3) is 0 Å². The third-order valence-corrected chi connectivity index (χ3v) is 16.4. The Hall–Kier alpha value is -5.08. The maximum absolute atomic E-state index is 6.65. The molecule has 2 heteroatoms. The average molecular weight is 742 g/mol. The Balaban J connectivity index is 0.999. The minimum absolute atomic E-state index is 0.0856. The predicted molar refractivity (Wildman–Crippen MR) is 235 cm³/mol. The molecule has 0 amide bonds. The summed E-state index contributed by atoms with van der Waals surface area (Å²) in [4.78, 5) is 2.56. The quantitative estimate of drug-likeness (QED) is 0.179. The molecule has 0 aliphatic heterocycles. The highest BCUT2D eigenvalue weighted by atomic mass is 16.3. The van der Waals surface area contributed by atoms with Crippen molar-refractivity contribution in [1.82, 2.24) is 0 Å². The molecule has 4 bridgehead atoms. The van der Waals surface area contributed by atoms with Gasteiger partial charge in [0.05, 0.1) is 0 Å². The molecule has 7 aliphatic rings. The summed E-state index contributed by atoms with van der Waals surface area (Å²) in [5.74, 6) is 2.77. The second-order valence-electron chi connectivity index (χ2n) is 19.8. The van der Waals surface area contributed by atoms with Crippen LogP contribution in [0, 0.1) is 17.8 Å². The summed E-state index contributed by atoms with van der Waals surface area (Å²) < 4.78 is 6.65. The first-order valence-corrected chi connectivity index (χ1v) is 22.1. The maximum Gasteiger partial charge on any atom is 0.135 e. The van der Waals surface area contributed by atoms with E-state index < -0.39 is 0 Å². The summed E-state index contributed by atoms with van der Waals surface area (Å²) in [5.41, 5.74) is 19.0. The largest absolute Gasteiger partial charge is 0.456 e. The van der Waals surface area contributed by atoms with E-state index in [4.69, 9.17) is 4.42 Å². The Morgan fingerprint density at radius 3 is 1.72 bits per heavy atom. The standard InChI is InChI=1S/C55H51NO/c1-53(2)47-12-6-4-10-41(47)43-18-15-39(29-49(43)53)56(40-16-19-44-42-11-5-7-13-48(42)55(50(44)30-40)22-8-3-9-23-55)38-17-21-52-46(28-38)45-27-37(14-20-51(45)57-52)54-31-34-24-35(32-54)26-36(25-34)33-54/h4-7,10-21,27-30,34-36H,3,8-9,22-26,31-33H2,1-2H3. The van der Waals surface area contributed by atoms with Gasteiger partial charge >= 0.3 is 0 Å². The van der Waals surface area contributed by atoms with Crippen LogP contribution in [-0.2, 0) is 16.2 Å². The van der Waals surface area contributed by atoms with Gasteiger partial charge in [0.2, 0.25) is 0 Å². The van der Waals surface area contributed by atoms with Crippen molar-refractivity contribution in [2.24, 2.45) is 17.8 Å². The number of fused-ring (bicyclic) bond motifs is 11. The summed E-state index contributed by atoms with van der Waals surface area (Å²) in [5, 5.41) is 2.50. The molecule has 0 N–H and O–H groups in total. The second kappa shape index (κ2) is 11.5. The fourth-order valence-corrected chi connectivity index (χ4v) is 14.3. The number of rotatable bonds is 4. The van der Waals surface area contributed by atoms with Gasteiger partial charge in [0.15, 0.2) is 0 Å². The zero-order chi connectivity index (χ0) is 37.7. The lowest BCUT2D eigenvalue weighted by molar-refractivity contribution is -0.00513. The monoisotopic (exact) mass is 741 g/mol. The highest BCUT2D eigenvalue weighted by Crippen LogP contribution is 2.62. The number of nitrogens with zero attached hydrogens (tertiary/aromatic N) is 1. The van der Waals surface area contributed by atoms with E-state index in [1.165, 1.54) is 137 Å². The van der Waals surface area contributed by atoms with Gasteiger partial charge in [0, 0.05) is 38.7 Å². The summed E-state index contributed by atoms with van der Waals surface area (Å²) in [6, 6.07) is 47.2. The SMILES string of the molecule is CC1(C)c2ccccc2-c2ccc(N(c3ccc4c(c3)C3(CCCCC3)c3ccccc3-4)c3ccc4oc5ccc(C67CC8CC(CC(C8)C6)C7)cc5c4c3)cc21. The van der Waals surface area contributed by atoms with Gasteiger partial charge in [-0.3, -0.25) is 0 Å². The van der Waals surface area contributed by atoms with Gasteiger partial charge in [-0.05, 0) is 179 Å². The Morgan fingerprint density at radius 1 is 0.491 bits per heavy atom. The molecule has 7 aliphatic carbocycles. The van der Waals surface area contributed by atoms with E-state index in [-0.39, 0.29) is 10.8 Å². The Labute approximate surface area is 336 Å². The molecule has 5 fully saturated rings. The lowest BCUT2D eigenvalue weighted by atomic mass is 9.48. The lowest BCUT2D eigenvalue weighted by Crippen LogP contribution is -2.48. The van der Waals surface area contributed by atoms with Crippen LogP contribution in [0.3, 0.4) is 0 Å². The number of benzene rings is 6. The Kier molecular flexibility index (Phi) is 6.66. The van der Waals surface area contributed by atoms with E-state index in [0.717, 1.165) is 28.9 Å². The summed E-state index contributed by atoms with van der Waals surface area (Å²) in [6.07, 6.45) is 14.9. The third-order valence-electron chi connectivity index (χ3n) is 16.4. The molecular formula is C55H51NO. The molecule has 6 aromatic carbocycles. The van der Waals surface area contributed by atoms with Crippen molar-refractivity contribution < 1.29 is 4.42 Å². The first-order chi connectivity index (χ1) is 27.9. The third kappa shape index (κ3) is 4.54. The van der Waals surface area contributed by atoms with Crippen molar-refractivity contribution in [3.05, 3.63) is 149 Å². The van der Waals surface area contributed by atoms with Crippen LogP contribution >= 0.6 is 0 Å². The van der Waals surface area contributed by atoms with Gasteiger partial charge in [-0.25, -0.2) is 0 Å². The number of furan rings is 1. The molecule has 0 radical (unpaired) electrons. The zero-order valence-electron chi connectivity index (χ0n) is 33.4. The van der Waals surface area contributed by atoms with E-state index in [1.807, 2.05) is 0 Å². The fraction of sp³-hybridized carbons (Fsp3) is 0.345. The molecule has 1 spiro atoms. The van der Waals surface area contributed by atoms with Gasteiger partial charge in [-0.1, -0.05) is 99.8 Å². The van der Waals surface area contributed by atoms with Crippen LogP contribution < -0.4 is 4.90 Å². The molecule has 2 nitrogen and oxygen atoms in total. The summed E-state index contributed by atoms with van der Waals surface area (Å²) in [6.45, 7) is 4.80. The molecule has 5 saturated carbocycles. The molecule has 0 unspecified atom stereocenters. The maximum atomic E-state index is 6.65. The molecule has 14 rings (SSSR count). The van der Waals surface area contributed by atoms with Crippen LogP contribution in [0.25, 0.3) is 44.2 Å². The van der Waals surface area contributed by atoms with Crippen LogP contribution in [0.1, 0.15) is 112 Å². The molecule has 7 aromatic rings. The Morgan fingerprint density at radius 2 is 1.02 bits per heavy atom. The first-order valence-electron chi connectivity index (χ1n) is 22.1. The van der Waals surface area contributed by atoms with Crippen LogP contribution in [0.4, 0.5) is 17.1 Å². The van der Waals surface area contributed by atoms with E-state index in [1.54, 1.807) is 11.1 Å². The van der Waals surface area contributed by atoms with Crippen LogP contribution in [0.2, 0.25) is 0 Å². The molecular weight excluding hydrogens is 691 g/mol. The average Bonchev–Trinajstić information content (AvgIpc) is 3.81. The van der Waals surface area contributed by atoms with E-state index in [0.29, 0.717) is 5.41 Å². The smallest absolute Gasteiger partial charge is 0.135 e. The minimum atomic E-state index is -0.0856. The van der Waals surface area contributed by atoms with Crippen molar-refractivity contribution in [3.63, 3.8) is 0 Å². The first kappa shape index (κ1) is 32.9. The zero-order valence-corrected chi connectivity index (χ0v) is 33.4. The van der Waals surface area contributed by atoms with Gasteiger partial charge in [0.1, 0.15) is 11.2 Å². The van der Waals surface area contributed by atoms with Crippen LogP contribution in [0.5, 0.6) is 0 Å². The molecule has 0 atom stereocenters. The number of anilines is 3. The number of hydrogen-bond acceptors (Lipinski definition) is 2. The van der Waals surface area contributed by atoms with Crippen molar-refractivity contribution in [1.29, 1.82) is 0 Å². The molecule has 1 aromatic heterocycles. The molecule has 0 saturated heterocycles. The normalized spacial score (nSPS) is 25.5. The predicted octanol–water partition coefficient (Wildman–Crippen LogP) is 15.1. The number of hydrogen-bond donors (Lipinski definition) is 0. The summed E-state index contributed by atoms with van der Waals surface area (Å²) in [7, 11) is 0. The summed E-state index contributed by atoms with van der Waals surface area (Å²) >= 11 is 0. The topological polar surface area (TPSA) is 16.4 Å². The van der Waals surface area contributed by atoms with E-state index in [2.05, 4.69) is 140 Å². The highest BCUT2D eigenvalue weighted by Gasteiger charge is 2.52. The van der Waals surface area contributed by atoms with Gasteiger partial charge < -0.3 is 9.32 Å². The second-order valence-corrected chi connectivity index (χ2v) is 19.8. The van der Waals surface area contributed by atoms with E-state index in [9.17, 15) is 0 Å². The Bertz CT molecular complexity index is 2770. The minimum Gasteiger partial charge on any atom is -0.456 e. The van der Waals surface area contributed by atoms with Crippen molar-refractivity contribution in [3.8, 4) is 22.3 Å². The van der Waals surface area contributed by atoms with E-state index >= 15 is 0 Å². The van der Waals surface area contributed by atoms with Gasteiger partial charge in [-0.15, -0.1) is 0 Å². The molecule has 282 valence electrons. The van der Waals surface area contributed by atoms with Crippen LogP contribution in [-0.4, -0.2) is 0 Å². The fourth-order valence-electron chi connectivity index (χ4n) is 14.3. The van der Waals surface area contributed by atoms with Crippen molar-refractivity contribution in [2.75, 3.05) is 4.90 Å². The van der Waals surface area contributed by atoms with Crippen molar-refractivity contribution >= 4 is 39.0 Å². The molecule has 1 heterocycles. The lowest BCUT2D eigenvalue weighted by Gasteiger charge is -2.57. The highest BCUT2D eigenvalue weighted by molar-refractivity contribution is 6.07.